The molecule has 0 saturated carbocycles. The van der Waals surface area contributed by atoms with Gasteiger partial charge < -0.3 is 11.1 Å². The summed E-state index contributed by atoms with van der Waals surface area (Å²) in [4.78, 5) is -0.252. The van der Waals surface area contributed by atoms with Gasteiger partial charge in [-0.1, -0.05) is 19.1 Å². The van der Waals surface area contributed by atoms with Crippen molar-refractivity contribution >= 4 is 22.9 Å². The molecule has 0 spiro atoms. The van der Waals surface area contributed by atoms with Crippen molar-refractivity contribution in [3.63, 3.8) is 0 Å². The largest absolute Gasteiger partial charge is 0.417 e. The molecule has 0 aromatic heterocycles. The zero-order valence-electron chi connectivity index (χ0n) is 9.27. The third-order valence-corrected chi connectivity index (χ3v) is 2.39. The first-order chi connectivity index (χ1) is 7.86. The molecule has 94 valence electrons. The second kappa shape index (κ2) is 5.35. The van der Waals surface area contributed by atoms with Crippen molar-refractivity contribution in [3.05, 3.63) is 29.3 Å². The zero-order valence-corrected chi connectivity index (χ0v) is 10.1. The Morgan fingerprint density at radius 1 is 1.41 bits per heavy atom. The van der Waals surface area contributed by atoms with Gasteiger partial charge in [-0.2, -0.15) is 13.2 Å². The van der Waals surface area contributed by atoms with Gasteiger partial charge in [0, 0.05) is 17.8 Å². The first-order valence-electron chi connectivity index (χ1n) is 5.11. The Morgan fingerprint density at radius 3 is 2.53 bits per heavy atom. The Bertz CT molecular complexity index is 416. The van der Waals surface area contributed by atoms with Gasteiger partial charge in [-0.05, 0) is 24.6 Å². The van der Waals surface area contributed by atoms with Crippen LogP contribution in [-0.4, -0.2) is 11.5 Å². The highest BCUT2D eigenvalue weighted by Crippen LogP contribution is 2.33. The molecular weight excluding hydrogens is 249 g/mol. The monoisotopic (exact) mass is 262 g/mol. The van der Waals surface area contributed by atoms with Gasteiger partial charge in [-0.3, -0.25) is 0 Å². The van der Waals surface area contributed by atoms with E-state index < -0.39 is 11.7 Å². The lowest BCUT2D eigenvalue weighted by atomic mass is 10.1. The van der Waals surface area contributed by atoms with Crippen LogP contribution in [0, 0.1) is 0 Å². The van der Waals surface area contributed by atoms with E-state index in [9.17, 15) is 13.2 Å². The molecule has 2 nitrogen and oxygen atoms in total. The van der Waals surface area contributed by atoms with Crippen LogP contribution < -0.4 is 11.1 Å². The van der Waals surface area contributed by atoms with Crippen molar-refractivity contribution in [2.75, 3.05) is 11.9 Å². The van der Waals surface area contributed by atoms with Crippen LogP contribution in [0.2, 0.25) is 0 Å². The molecule has 0 radical (unpaired) electrons. The van der Waals surface area contributed by atoms with Crippen LogP contribution in [0.25, 0.3) is 0 Å². The second-order valence-electron chi connectivity index (χ2n) is 3.55. The number of alkyl halides is 3. The first-order valence-corrected chi connectivity index (χ1v) is 5.52. The topological polar surface area (TPSA) is 38.0 Å². The molecule has 1 rings (SSSR count). The van der Waals surface area contributed by atoms with Crippen molar-refractivity contribution in [1.82, 2.24) is 0 Å². The van der Waals surface area contributed by atoms with Crippen LogP contribution in [0.5, 0.6) is 0 Å². The number of hydrogen-bond donors (Lipinski definition) is 2. The lowest BCUT2D eigenvalue weighted by Gasteiger charge is -2.14. The summed E-state index contributed by atoms with van der Waals surface area (Å²) < 4.78 is 38.0. The average molecular weight is 262 g/mol. The number of anilines is 1. The molecule has 0 aliphatic heterocycles. The Balaban J connectivity index is 3.13. The third-order valence-electron chi connectivity index (χ3n) is 2.17. The molecule has 0 aliphatic rings. The van der Waals surface area contributed by atoms with Crippen molar-refractivity contribution < 1.29 is 13.2 Å². The Kier molecular flexibility index (Phi) is 4.34. The fourth-order valence-corrected chi connectivity index (χ4v) is 1.54. The molecular formula is C11H13F3N2S. The molecule has 1 aromatic carbocycles. The standard InChI is InChI=1S/C11H13F3N2S/c1-2-5-16-7-3-4-9(11(12,13)14)8(6-7)10(15)17/h3-4,6,16H,2,5H2,1H3,(H2,15,17). The van der Waals surface area contributed by atoms with Gasteiger partial charge in [-0.25, -0.2) is 0 Å². The third kappa shape index (κ3) is 3.59. The number of hydrogen-bond acceptors (Lipinski definition) is 2. The maximum atomic E-state index is 12.7. The van der Waals surface area contributed by atoms with Gasteiger partial charge in [-0.15, -0.1) is 0 Å². The lowest BCUT2D eigenvalue weighted by molar-refractivity contribution is -0.137. The minimum absolute atomic E-state index is 0.145. The number of nitrogens with two attached hydrogens (primary N) is 1. The molecule has 3 N–H and O–H groups in total. The molecule has 0 amide bonds. The minimum atomic E-state index is -4.44. The van der Waals surface area contributed by atoms with E-state index in [4.69, 9.17) is 5.73 Å². The lowest BCUT2D eigenvalue weighted by Crippen LogP contribution is -2.18. The number of thiocarbonyl (C=S) groups is 1. The normalized spacial score (nSPS) is 11.3. The molecule has 0 atom stereocenters. The van der Waals surface area contributed by atoms with Crippen molar-refractivity contribution in [3.8, 4) is 0 Å². The summed E-state index contributed by atoms with van der Waals surface area (Å²) in [6.45, 7) is 2.65. The fourth-order valence-electron chi connectivity index (χ4n) is 1.37. The maximum absolute atomic E-state index is 12.7. The minimum Gasteiger partial charge on any atom is -0.389 e. The van der Waals surface area contributed by atoms with E-state index in [1.165, 1.54) is 12.1 Å². The number of halogens is 3. The Hall–Kier alpha value is -1.30. The predicted molar refractivity (Wildman–Crippen MR) is 66.1 cm³/mol. The summed E-state index contributed by atoms with van der Waals surface area (Å²) >= 11 is 4.64. The van der Waals surface area contributed by atoms with Crippen LogP contribution in [0.3, 0.4) is 0 Å². The highest BCUT2D eigenvalue weighted by molar-refractivity contribution is 7.80. The van der Waals surface area contributed by atoms with Gasteiger partial charge in [0.2, 0.25) is 0 Å². The second-order valence-corrected chi connectivity index (χ2v) is 3.99. The maximum Gasteiger partial charge on any atom is 0.417 e. The highest BCUT2D eigenvalue weighted by Gasteiger charge is 2.33. The molecule has 0 saturated heterocycles. The summed E-state index contributed by atoms with van der Waals surface area (Å²) in [5.74, 6) is 0. The Labute approximate surface area is 103 Å². The van der Waals surface area contributed by atoms with E-state index in [2.05, 4.69) is 17.5 Å². The van der Waals surface area contributed by atoms with Crippen LogP contribution in [0.1, 0.15) is 24.5 Å². The molecule has 0 bridgehead atoms. The van der Waals surface area contributed by atoms with E-state index in [0.29, 0.717) is 12.2 Å². The first kappa shape index (κ1) is 13.8. The summed E-state index contributed by atoms with van der Waals surface area (Å²) in [5, 5.41) is 2.99. The summed E-state index contributed by atoms with van der Waals surface area (Å²) in [7, 11) is 0. The highest BCUT2D eigenvalue weighted by atomic mass is 32.1. The molecule has 0 aliphatic carbocycles. The number of benzene rings is 1. The summed E-state index contributed by atoms with van der Waals surface area (Å²) in [6.07, 6.45) is -3.56. The Morgan fingerprint density at radius 2 is 2.06 bits per heavy atom. The summed E-state index contributed by atoms with van der Waals surface area (Å²) in [5.41, 5.74) is 4.95. The van der Waals surface area contributed by atoms with Gasteiger partial charge >= 0.3 is 6.18 Å². The number of rotatable bonds is 4. The van der Waals surface area contributed by atoms with E-state index in [1.54, 1.807) is 0 Å². The van der Waals surface area contributed by atoms with Crippen molar-refractivity contribution in [1.29, 1.82) is 0 Å². The van der Waals surface area contributed by atoms with Crippen molar-refractivity contribution in [2.45, 2.75) is 19.5 Å². The van der Waals surface area contributed by atoms with Gasteiger partial charge in [0.25, 0.3) is 0 Å². The van der Waals surface area contributed by atoms with Gasteiger partial charge in [0.1, 0.15) is 4.99 Å². The molecule has 17 heavy (non-hydrogen) atoms. The molecule has 6 heteroatoms. The van der Waals surface area contributed by atoms with Crippen LogP contribution in [0.15, 0.2) is 18.2 Å². The van der Waals surface area contributed by atoms with E-state index in [1.807, 2.05) is 6.92 Å². The van der Waals surface area contributed by atoms with Crippen molar-refractivity contribution in [2.24, 2.45) is 5.73 Å². The average Bonchev–Trinajstić information content (AvgIpc) is 2.24. The van der Waals surface area contributed by atoms with Gasteiger partial charge in [0.15, 0.2) is 0 Å². The van der Waals surface area contributed by atoms with E-state index in [0.717, 1.165) is 12.5 Å². The van der Waals surface area contributed by atoms with Crippen LogP contribution >= 0.6 is 12.2 Å². The molecule has 0 heterocycles. The van der Waals surface area contributed by atoms with Crippen LogP contribution in [-0.2, 0) is 6.18 Å². The number of nitrogens with one attached hydrogen (secondary N) is 1. The van der Waals surface area contributed by atoms with E-state index in [-0.39, 0.29) is 10.6 Å². The predicted octanol–water partition coefficient (Wildman–Crippen LogP) is 3.16. The SMILES string of the molecule is CCCNc1ccc(C(F)(F)F)c(C(N)=S)c1. The van der Waals surface area contributed by atoms with Crippen LogP contribution in [0.4, 0.5) is 18.9 Å². The zero-order chi connectivity index (χ0) is 13.1. The molecule has 0 unspecified atom stereocenters. The van der Waals surface area contributed by atoms with E-state index >= 15 is 0 Å². The molecule has 1 aromatic rings. The quantitative estimate of drug-likeness (QED) is 0.819. The molecule has 0 fully saturated rings. The smallest absolute Gasteiger partial charge is 0.389 e. The van der Waals surface area contributed by atoms with Gasteiger partial charge in [0.05, 0.1) is 5.56 Å². The fraction of sp³-hybridized carbons (Fsp3) is 0.364. The summed E-state index contributed by atoms with van der Waals surface area (Å²) in [6, 6.07) is 3.70.